The number of nitrogens with zero attached hydrogens (tertiary/aromatic N) is 2. The fourth-order valence-corrected chi connectivity index (χ4v) is 2.33. The lowest BCUT2D eigenvalue weighted by atomic mass is 10.1. The Hall–Kier alpha value is -2.83. The van der Waals surface area contributed by atoms with Crippen molar-refractivity contribution in [1.29, 1.82) is 0 Å². The quantitative estimate of drug-likeness (QED) is 0.673. The highest BCUT2D eigenvalue weighted by atomic mass is 16.5. The zero-order valence-corrected chi connectivity index (χ0v) is 13.2. The minimum absolute atomic E-state index is 0.0449. The summed E-state index contributed by atoms with van der Waals surface area (Å²) >= 11 is 0. The number of phenols is 1. The number of hydrogen-bond donors (Lipinski definition) is 1. The van der Waals surface area contributed by atoms with Crippen LogP contribution in [0.3, 0.4) is 0 Å². The van der Waals surface area contributed by atoms with Gasteiger partial charge in [-0.15, -0.1) is 0 Å². The molecule has 0 unspecified atom stereocenters. The highest BCUT2D eigenvalue weighted by Gasteiger charge is 2.40. The molecule has 1 N–H and O–H groups in total. The predicted octanol–water partition coefficient (Wildman–Crippen LogP) is 1.61. The van der Waals surface area contributed by atoms with E-state index in [0.717, 1.165) is 9.80 Å². The van der Waals surface area contributed by atoms with E-state index in [4.69, 9.17) is 4.74 Å². The summed E-state index contributed by atoms with van der Waals surface area (Å²) < 4.78 is 5.01. The Morgan fingerprint density at radius 3 is 2.13 bits per heavy atom. The highest BCUT2D eigenvalue weighted by molar-refractivity contribution is 6.30. The van der Waals surface area contributed by atoms with Crippen LogP contribution >= 0.6 is 0 Å². The number of rotatable bonds is 4. The number of amides is 4. The molecule has 4 amide bonds. The maximum absolute atomic E-state index is 12.4. The molecule has 0 bridgehead atoms. The first-order valence-corrected chi connectivity index (χ1v) is 7.20. The molecule has 2 rings (SSSR count). The molecule has 23 heavy (non-hydrogen) atoms. The summed E-state index contributed by atoms with van der Waals surface area (Å²) in [7, 11) is 1.40. The smallest absolute Gasteiger partial charge is 0.333 e. The summed E-state index contributed by atoms with van der Waals surface area (Å²) in [5, 5.41) is 9.60. The average Bonchev–Trinajstić information content (AvgIpc) is 2.54. The van der Waals surface area contributed by atoms with E-state index in [-0.39, 0.29) is 30.2 Å². The van der Waals surface area contributed by atoms with Crippen LogP contribution in [0.2, 0.25) is 0 Å². The van der Waals surface area contributed by atoms with Crippen molar-refractivity contribution in [2.45, 2.75) is 13.8 Å². The second-order valence-electron chi connectivity index (χ2n) is 4.87. The number of imide groups is 2. The summed E-state index contributed by atoms with van der Waals surface area (Å²) in [6, 6.07) is 3.86. The van der Waals surface area contributed by atoms with Crippen LogP contribution in [0.1, 0.15) is 19.4 Å². The van der Waals surface area contributed by atoms with E-state index in [9.17, 15) is 19.5 Å². The summed E-state index contributed by atoms with van der Waals surface area (Å²) in [5.74, 6) is -1.07. The first-order chi connectivity index (χ1) is 10.9. The first-order valence-electron chi connectivity index (χ1n) is 7.20. The lowest BCUT2D eigenvalue weighted by Crippen LogP contribution is -2.56. The summed E-state index contributed by atoms with van der Waals surface area (Å²) in [6.45, 7) is 3.69. The SMILES string of the molecule is CCN1C(=O)C(=Cc2ccc(O)c(OC)c2)C(=O)N(CC)C1=O. The molecule has 7 heteroatoms. The van der Waals surface area contributed by atoms with E-state index in [1.807, 2.05) is 0 Å². The summed E-state index contributed by atoms with van der Waals surface area (Å²) in [5.41, 5.74) is 0.416. The zero-order chi connectivity index (χ0) is 17.1. The molecule has 0 atom stereocenters. The molecule has 1 fully saturated rings. The fraction of sp³-hybridized carbons (Fsp3) is 0.312. The maximum Gasteiger partial charge on any atom is 0.333 e. The van der Waals surface area contributed by atoms with Crippen LogP contribution in [-0.2, 0) is 9.59 Å². The molecule has 0 aromatic heterocycles. The number of barbiturate groups is 1. The molecule has 1 aliphatic heterocycles. The van der Waals surface area contributed by atoms with Crippen LogP contribution in [0.15, 0.2) is 23.8 Å². The van der Waals surface area contributed by atoms with Crippen molar-refractivity contribution in [2.75, 3.05) is 20.2 Å². The topological polar surface area (TPSA) is 87.2 Å². The molecular weight excluding hydrogens is 300 g/mol. The number of phenolic OH excluding ortho intramolecular Hbond substituents is 1. The van der Waals surface area contributed by atoms with E-state index in [0.29, 0.717) is 5.56 Å². The Kier molecular flexibility index (Phi) is 4.68. The number of ether oxygens (including phenoxy) is 1. The first kappa shape index (κ1) is 16.5. The number of benzene rings is 1. The molecule has 0 radical (unpaired) electrons. The average molecular weight is 318 g/mol. The molecule has 1 saturated heterocycles. The molecular formula is C16H18N2O5. The third kappa shape index (κ3) is 2.90. The number of carbonyl (C=O) groups is 3. The van der Waals surface area contributed by atoms with Gasteiger partial charge in [-0.2, -0.15) is 0 Å². The lowest BCUT2D eigenvalue weighted by Gasteiger charge is -2.32. The minimum atomic E-state index is -0.626. The number of carbonyl (C=O) groups excluding carboxylic acids is 3. The second-order valence-corrected chi connectivity index (χ2v) is 4.87. The van der Waals surface area contributed by atoms with Crippen LogP contribution in [-0.4, -0.2) is 53.0 Å². The number of hydrogen-bond acceptors (Lipinski definition) is 5. The number of aromatic hydroxyl groups is 1. The highest BCUT2D eigenvalue weighted by Crippen LogP contribution is 2.28. The van der Waals surface area contributed by atoms with Gasteiger partial charge in [-0.1, -0.05) is 6.07 Å². The van der Waals surface area contributed by atoms with E-state index < -0.39 is 17.8 Å². The lowest BCUT2D eigenvalue weighted by molar-refractivity contribution is -0.135. The maximum atomic E-state index is 12.4. The summed E-state index contributed by atoms with van der Waals surface area (Å²) in [4.78, 5) is 38.9. The van der Waals surface area contributed by atoms with Crippen molar-refractivity contribution in [1.82, 2.24) is 9.80 Å². The van der Waals surface area contributed by atoms with Crippen LogP contribution in [0, 0.1) is 0 Å². The largest absolute Gasteiger partial charge is 0.504 e. The second kappa shape index (κ2) is 6.51. The molecule has 1 aromatic rings. The van der Waals surface area contributed by atoms with Crippen LogP contribution < -0.4 is 4.74 Å². The molecule has 122 valence electrons. The summed E-state index contributed by atoms with van der Waals surface area (Å²) in [6.07, 6.45) is 1.39. The van der Waals surface area contributed by atoms with Crippen molar-refractivity contribution >= 4 is 23.9 Å². The third-order valence-electron chi connectivity index (χ3n) is 3.56. The van der Waals surface area contributed by atoms with Gasteiger partial charge in [0.1, 0.15) is 5.57 Å². The monoisotopic (exact) mass is 318 g/mol. The van der Waals surface area contributed by atoms with Gasteiger partial charge in [-0.3, -0.25) is 19.4 Å². The number of urea groups is 1. The van der Waals surface area contributed by atoms with Crippen molar-refractivity contribution < 1.29 is 24.2 Å². The normalized spacial score (nSPS) is 15.3. The molecule has 1 heterocycles. The van der Waals surface area contributed by atoms with Crippen LogP contribution in [0.5, 0.6) is 11.5 Å². The van der Waals surface area contributed by atoms with Crippen molar-refractivity contribution in [2.24, 2.45) is 0 Å². The van der Waals surface area contributed by atoms with Crippen molar-refractivity contribution in [3.63, 3.8) is 0 Å². The van der Waals surface area contributed by atoms with Gasteiger partial charge in [0.15, 0.2) is 11.5 Å². The van der Waals surface area contributed by atoms with Gasteiger partial charge in [0.05, 0.1) is 7.11 Å². The molecule has 0 saturated carbocycles. The standard InChI is InChI=1S/C16H18N2O5/c1-4-17-14(20)11(15(21)18(5-2)16(17)22)8-10-6-7-12(19)13(9-10)23-3/h6-9,19H,4-5H2,1-3H3. The number of methoxy groups -OCH3 is 1. The van der Waals surface area contributed by atoms with Crippen molar-refractivity contribution in [3.05, 3.63) is 29.3 Å². The Balaban J connectivity index is 2.48. The van der Waals surface area contributed by atoms with E-state index >= 15 is 0 Å². The van der Waals surface area contributed by atoms with Crippen molar-refractivity contribution in [3.8, 4) is 11.5 Å². The van der Waals surface area contributed by atoms with E-state index in [1.165, 1.54) is 25.3 Å². The van der Waals surface area contributed by atoms with E-state index in [1.54, 1.807) is 19.9 Å². The van der Waals surface area contributed by atoms with Crippen LogP contribution in [0.25, 0.3) is 6.08 Å². The van der Waals surface area contributed by atoms with Gasteiger partial charge >= 0.3 is 6.03 Å². The van der Waals surface area contributed by atoms with Gasteiger partial charge in [0.2, 0.25) is 0 Å². The van der Waals surface area contributed by atoms with Gasteiger partial charge in [0, 0.05) is 13.1 Å². The van der Waals surface area contributed by atoms with Gasteiger partial charge in [0.25, 0.3) is 11.8 Å². The fourth-order valence-electron chi connectivity index (χ4n) is 2.33. The zero-order valence-electron chi connectivity index (χ0n) is 13.2. The van der Waals surface area contributed by atoms with Gasteiger partial charge in [-0.25, -0.2) is 4.79 Å². The van der Waals surface area contributed by atoms with Gasteiger partial charge in [-0.05, 0) is 37.6 Å². The van der Waals surface area contributed by atoms with Gasteiger partial charge < -0.3 is 9.84 Å². The van der Waals surface area contributed by atoms with E-state index in [2.05, 4.69) is 0 Å². The Bertz CT molecular complexity index is 668. The molecule has 0 aliphatic carbocycles. The Morgan fingerprint density at radius 2 is 1.65 bits per heavy atom. The predicted molar refractivity (Wildman–Crippen MR) is 82.8 cm³/mol. The molecule has 1 aromatic carbocycles. The Labute approximate surface area is 133 Å². The minimum Gasteiger partial charge on any atom is -0.504 e. The number of likely N-dealkylation sites (N-methyl/N-ethyl adjacent to an activating group) is 2. The van der Waals surface area contributed by atoms with Crippen LogP contribution in [0.4, 0.5) is 4.79 Å². The molecule has 0 spiro atoms. The molecule has 7 nitrogen and oxygen atoms in total. The molecule has 1 aliphatic rings. The third-order valence-corrected chi connectivity index (χ3v) is 3.56. The Morgan fingerprint density at radius 1 is 1.09 bits per heavy atom.